The lowest BCUT2D eigenvalue weighted by molar-refractivity contribution is 0.375. The summed E-state index contributed by atoms with van der Waals surface area (Å²) in [6.45, 7) is 2.55. The van der Waals surface area contributed by atoms with E-state index in [1.54, 1.807) is 12.3 Å². The summed E-state index contributed by atoms with van der Waals surface area (Å²) in [6.07, 6.45) is 3.77. The van der Waals surface area contributed by atoms with Gasteiger partial charge in [0.1, 0.15) is 4.90 Å². The van der Waals surface area contributed by atoms with Crippen molar-refractivity contribution in [1.29, 1.82) is 0 Å². The van der Waals surface area contributed by atoms with E-state index in [0.29, 0.717) is 16.9 Å². The fraction of sp³-hybridized carbons (Fsp3) is 0.545. The van der Waals surface area contributed by atoms with Crippen LogP contribution in [0.4, 0.5) is 0 Å². The zero-order valence-corrected chi connectivity index (χ0v) is 13.0. The molecule has 2 unspecified atom stereocenters. The van der Waals surface area contributed by atoms with E-state index in [4.69, 9.17) is 11.6 Å². The average molecular weight is 354 g/mol. The first kappa shape index (κ1) is 14.2. The molecule has 1 aliphatic heterocycles. The van der Waals surface area contributed by atoms with Crippen LogP contribution < -0.4 is 0 Å². The Bertz CT molecular complexity index is 538. The normalized spacial score (nSPS) is 25.5. The summed E-state index contributed by atoms with van der Waals surface area (Å²) < 4.78 is 27.2. The van der Waals surface area contributed by atoms with Crippen molar-refractivity contribution in [3.05, 3.63) is 22.9 Å². The third kappa shape index (κ3) is 2.57. The molecule has 0 spiro atoms. The molecule has 0 bridgehead atoms. The smallest absolute Gasteiger partial charge is 0.244 e. The monoisotopic (exact) mass is 352 g/mol. The van der Waals surface area contributed by atoms with Crippen LogP contribution in [0.15, 0.2) is 27.8 Å². The van der Waals surface area contributed by atoms with Crippen LogP contribution in [0.25, 0.3) is 0 Å². The van der Waals surface area contributed by atoms with Crippen LogP contribution in [-0.4, -0.2) is 36.2 Å². The highest BCUT2D eigenvalue weighted by atomic mass is 79.9. The maximum atomic E-state index is 12.5. The fourth-order valence-electron chi connectivity index (χ4n) is 2.17. The Hall–Kier alpha value is -0.170. The third-order valence-electron chi connectivity index (χ3n) is 3.28. The predicted octanol–water partition coefficient (Wildman–Crippen LogP) is 2.48. The minimum Gasteiger partial charge on any atom is -0.262 e. The number of alkyl halides is 1. The Labute approximate surface area is 121 Å². The highest BCUT2D eigenvalue weighted by molar-refractivity contribution is 9.10. The summed E-state index contributed by atoms with van der Waals surface area (Å²) in [5.74, 6) is 0.611. The molecular formula is C11H14BrClN2O2S. The molecule has 0 N–H and O–H groups in total. The van der Waals surface area contributed by atoms with E-state index in [1.165, 1.54) is 10.5 Å². The lowest BCUT2D eigenvalue weighted by Gasteiger charge is -2.24. The van der Waals surface area contributed by atoms with Gasteiger partial charge >= 0.3 is 0 Å². The van der Waals surface area contributed by atoms with Gasteiger partial charge in [0.25, 0.3) is 0 Å². The number of pyridine rings is 1. The van der Waals surface area contributed by atoms with Gasteiger partial charge in [-0.2, -0.15) is 4.31 Å². The van der Waals surface area contributed by atoms with Crippen LogP contribution in [0, 0.1) is 5.92 Å². The van der Waals surface area contributed by atoms with Crippen molar-refractivity contribution < 1.29 is 8.42 Å². The number of aromatic nitrogens is 1. The van der Waals surface area contributed by atoms with Gasteiger partial charge in [-0.3, -0.25) is 4.98 Å². The molecule has 2 atom stereocenters. The maximum Gasteiger partial charge on any atom is 0.244 e. The first-order valence-corrected chi connectivity index (χ1v) is 8.42. The minimum absolute atomic E-state index is 0.129. The molecule has 0 radical (unpaired) electrons. The number of rotatable bonds is 3. The Morgan fingerprint density at radius 1 is 1.56 bits per heavy atom. The van der Waals surface area contributed by atoms with Gasteiger partial charge in [0.15, 0.2) is 0 Å². The number of hydrogen-bond acceptors (Lipinski definition) is 3. The lowest BCUT2D eigenvalue weighted by atomic mass is 10.1. The predicted molar refractivity (Wildman–Crippen MR) is 74.1 cm³/mol. The Morgan fingerprint density at radius 3 is 2.89 bits per heavy atom. The quantitative estimate of drug-likeness (QED) is 0.785. The van der Waals surface area contributed by atoms with Crippen LogP contribution in [-0.2, 0) is 10.0 Å². The van der Waals surface area contributed by atoms with Crippen molar-refractivity contribution in [1.82, 2.24) is 9.29 Å². The van der Waals surface area contributed by atoms with Crippen LogP contribution in [0.2, 0.25) is 0 Å². The molecule has 1 aromatic heterocycles. The summed E-state index contributed by atoms with van der Waals surface area (Å²) in [5, 5.41) is 0. The second-order valence-corrected chi connectivity index (χ2v) is 7.56. The summed E-state index contributed by atoms with van der Waals surface area (Å²) in [4.78, 5) is 4.12. The van der Waals surface area contributed by atoms with Gasteiger partial charge in [-0.05, 0) is 34.3 Å². The minimum atomic E-state index is -3.50. The summed E-state index contributed by atoms with van der Waals surface area (Å²) in [5.41, 5.74) is 0. The number of halogens is 2. The van der Waals surface area contributed by atoms with Gasteiger partial charge < -0.3 is 0 Å². The molecule has 0 amide bonds. The summed E-state index contributed by atoms with van der Waals surface area (Å²) >= 11 is 9.13. The van der Waals surface area contributed by atoms with Gasteiger partial charge in [-0.15, -0.1) is 11.6 Å². The van der Waals surface area contributed by atoms with E-state index in [0.717, 1.165) is 6.42 Å². The van der Waals surface area contributed by atoms with E-state index >= 15 is 0 Å². The fourth-order valence-corrected chi connectivity index (χ4v) is 4.96. The molecule has 0 saturated carbocycles. The van der Waals surface area contributed by atoms with E-state index in [2.05, 4.69) is 20.9 Å². The van der Waals surface area contributed by atoms with E-state index < -0.39 is 10.0 Å². The van der Waals surface area contributed by atoms with E-state index in [9.17, 15) is 8.42 Å². The van der Waals surface area contributed by atoms with E-state index in [-0.39, 0.29) is 16.9 Å². The van der Waals surface area contributed by atoms with Crippen LogP contribution >= 0.6 is 27.5 Å². The SMILES string of the molecule is CC1CCN(S(=O)(=O)c2cncc(Br)c2)C1CCl. The zero-order valence-electron chi connectivity index (χ0n) is 9.88. The highest BCUT2D eigenvalue weighted by Crippen LogP contribution is 2.31. The molecular weight excluding hydrogens is 340 g/mol. The van der Waals surface area contributed by atoms with Crippen molar-refractivity contribution in [3.63, 3.8) is 0 Å². The second kappa shape index (κ2) is 5.45. The molecule has 1 fully saturated rings. The third-order valence-corrected chi connectivity index (χ3v) is 5.92. The lowest BCUT2D eigenvalue weighted by Crippen LogP contribution is -2.38. The van der Waals surface area contributed by atoms with Crippen molar-refractivity contribution in [2.45, 2.75) is 24.3 Å². The average Bonchev–Trinajstić information content (AvgIpc) is 2.71. The number of nitrogens with zero attached hydrogens (tertiary/aromatic N) is 2. The first-order chi connectivity index (χ1) is 8.46. The molecule has 2 rings (SSSR count). The standard InChI is InChI=1S/C11H14BrClN2O2S/c1-8-2-3-15(11(8)5-13)18(16,17)10-4-9(12)6-14-7-10/h4,6-8,11H,2-3,5H2,1H3. The molecule has 0 aromatic carbocycles. The molecule has 0 aliphatic carbocycles. The molecule has 100 valence electrons. The Morgan fingerprint density at radius 2 is 2.28 bits per heavy atom. The summed E-state index contributed by atoms with van der Waals surface area (Å²) in [6, 6.07) is 1.44. The van der Waals surface area contributed by atoms with Gasteiger partial charge in [-0.1, -0.05) is 6.92 Å². The molecule has 4 nitrogen and oxygen atoms in total. The van der Waals surface area contributed by atoms with Gasteiger partial charge in [0.05, 0.1) is 0 Å². The van der Waals surface area contributed by atoms with Crippen molar-refractivity contribution in [2.24, 2.45) is 5.92 Å². The Kier molecular flexibility index (Phi) is 4.31. The van der Waals surface area contributed by atoms with Crippen molar-refractivity contribution >= 4 is 37.6 Å². The van der Waals surface area contributed by atoms with E-state index in [1.807, 2.05) is 6.92 Å². The largest absolute Gasteiger partial charge is 0.262 e. The topological polar surface area (TPSA) is 50.3 Å². The van der Waals surface area contributed by atoms with Crippen LogP contribution in [0.3, 0.4) is 0 Å². The van der Waals surface area contributed by atoms with Gasteiger partial charge in [-0.25, -0.2) is 8.42 Å². The van der Waals surface area contributed by atoms with Crippen LogP contribution in [0.1, 0.15) is 13.3 Å². The number of hydrogen-bond donors (Lipinski definition) is 0. The molecule has 2 heterocycles. The second-order valence-electron chi connectivity index (χ2n) is 4.44. The first-order valence-electron chi connectivity index (χ1n) is 5.65. The van der Waals surface area contributed by atoms with Crippen molar-refractivity contribution in [2.75, 3.05) is 12.4 Å². The summed E-state index contributed by atoms with van der Waals surface area (Å²) in [7, 11) is -3.50. The Balaban J connectivity index is 2.37. The number of sulfonamides is 1. The maximum absolute atomic E-state index is 12.5. The molecule has 1 saturated heterocycles. The zero-order chi connectivity index (χ0) is 13.3. The molecule has 18 heavy (non-hydrogen) atoms. The van der Waals surface area contributed by atoms with Gasteiger partial charge in [0, 0.05) is 35.3 Å². The van der Waals surface area contributed by atoms with Crippen molar-refractivity contribution in [3.8, 4) is 0 Å². The molecule has 1 aromatic rings. The van der Waals surface area contributed by atoms with Crippen LogP contribution in [0.5, 0.6) is 0 Å². The van der Waals surface area contributed by atoms with Gasteiger partial charge in [0.2, 0.25) is 10.0 Å². The molecule has 1 aliphatic rings. The molecule has 7 heteroatoms. The highest BCUT2D eigenvalue weighted by Gasteiger charge is 2.39.